The molecule has 0 radical (unpaired) electrons. The first kappa shape index (κ1) is 10.8. The number of carboxylic acids is 1. The molecule has 0 amide bonds. The second kappa shape index (κ2) is 4.44. The first-order valence-electron chi connectivity index (χ1n) is 5.15. The molecule has 1 aromatic rings. The lowest BCUT2D eigenvalue weighted by atomic mass is 10.2. The highest BCUT2D eigenvalue weighted by Crippen LogP contribution is 2.22. The molecule has 1 aromatic heterocycles. The van der Waals surface area contributed by atoms with Crippen molar-refractivity contribution in [2.24, 2.45) is 0 Å². The molecule has 1 aliphatic rings. The third-order valence-corrected chi connectivity index (χ3v) is 2.72. The van der Waals surface area contributed by atoms with Gasteiger partial charge in [0, 0.05) is 6.54 Å². The first-order valence-corrected chi connectivity index (χ1v) is 5.15. The third-order valence-electron chi connectivity index (χ3n) is 2.72. The number of aliphatic hydroxyl groups excluding tert-OH is 1. The molecular weight excluding hydrogens is 210 g/mol. The van der Waals surface area contributed by atoms with Crippen molar-refractivity contribution in [3.05, 3.63) is 18.1 Å². The molecule has 1 atom stereocenters. The van der Waals surface area contributed by atoms with E-state index in [0.717, 1.165) is 19.4 Å². The minimum atomic E-state index is -1.09. The van der Waals surface area contributed by atoms with E-state index in [2.05, 4.69) is 9.97 Å². The number of aliphatic hydroxyl groups is 1. The lowest BCUT2D eigenvalue weighted by Crippen LogP contribution is -2.33. The van der Waals surface area contributed by atoms with Crippen LogP contribution in [0, 0.1) is 0 Å². The predicted molar refractivity (Wildman–Crippen MR) is 56.4 cm³/mol. The Balaban J connectivity index is 2.26. The Morgan fingerprint density at radius 1 is 1.56 bits per heavy atom. The minimum absolute atomic E-state index is 0.0262. The molecule has 86 valence electrons. The Bertz CT molecular complexity index is 397. The molecule has 2 heterocycles. The van der Waals surface area contributed by atoms with Gasteiger partial charge in [-0.3, -0.25) is 4.98 Å². The summed E-state index contributed by atoms with van der Waals surface area (Å²) in [6, 6.07) is 0.0262. The van der Waals surface area contributed by atoms with E-state index in [-0.39, 0.29) is 18.3 Å². The standard InChI is InChI=1S/C10H13N3O3/c14-6-7-2-1-3-13(7)9-5-11-4-8(12-9)10(15)16/h4-5,7,14H,1-3,6H2,(H,15,16). The van der Waals surface area contributed by atoms with Crippen LogP contribution in [0.5, 0.6) is 0 Å². The second-order valence-electron chi connectivity index (χ2n) is 3.74. The number of aromatic nitrogens is 2. The molecule has 2 rings (SSSR count). The number of aromatic carboxylic acids is 1. The van der Waals surface area contributed by atoms with Crippen molar-refractivity contribution in [3.8, 4) is 0 Å². The van der Waals surface area contributed by atoms with Crippen LogP contribution in [0.4, 0.5) is 5.82 Å². The molecule has 1 saturated heterocycles. The lowest BCUT2D eigenvalue weighted by molar-refractivity contribution is 0.0690. The van der Waals surface area contributed by atoms with Crippen molar-refractivity contribution < 1.29 is 15.0 Å². The maximum atomic E-state index is 10.7. The van der Waals surface area contributed by atoms with Gasteiger partial charge < -0.3 is 15.1 Å². The number of hydrogen-bond donors (Lipinski definition) is 2. The largest absolute Gasteiger partial charge is 0.476 e. The van der Waals surface area contributed by atoms with E-state index >= 15 is 0 Å². The van der Waals surface area contributed by atoms with Gasteiger partial charge in [-0.05, 0) is 12.8 Å². The van der Waals surface area contributed by atoms with Gasteiger partial charge in [-0.15, -0.1) is 0 Å². The van der Waals surface area contributed by atoms with E-state index in [1.807, 2.05) is 4.90 Å². The number of hydrogen-bond acceptors (Lipinski definition) is 5. The Morgan fingerprint density at radius 2 is 2.38 bits per heavy atom. The summed E-state index contributed by atoms with van der Waals surface area (Å²) in [5.74, 6) is -0.564. The molecule has 1 fully saturated rings. The van der Waals surface area contributed by atoms with Gasteiger partial charge in [-0.1, -0.05) is 0 Å². The Morgan fingerprint density at radius 3 is 3.06 bits per heavy atom. The van der Waals surface area contributed by atoms with Crippen LogP contribution in [-0.2, 0) is 0 Å². The van der Waals surface area contributed by atoms with Crippen molar-refractivity contribution >= 4 is 11.8 Å². The number of nitrogens with zero attached hydrogens (tertiary/aromatic N) is 3. The summed E-state index contributed by atoms with van der Waals surface area (Å²) >= 11 is 0. The van der Waals surface area contributed by atoms with Crippen molar-refractivity contribution in [2.75, 3.05) is 18.1 Å². The van der Waals surface area contributed by atoms with Crippen LogP contribution in [-0.4, -0.2) is 45.3 Å². The van der Waals surface area contributed by atoms with Gasteiger partial charge in [0.25, 0.3) is 0 Å². The molecule has 0 spiro atoms. The Kier molecular flexibility index (Phi) is 3.00. The predicted octanol–water partition coefficient (Wildman–Crippen LogP) is 0.136. The fourth-order valence-electron chi connectivity index (χ4n) is 1.92. The lowest BCUT2D eigenvalue weighted by Gasteiger charge is -2.23. The van der Waals surface area contributed by atoms with Gasteiger partial charge in [-0.25, -0.2) is 9.78 Å². The summed E-state index contributed by atoms with van der Waals surface area (Å²) in [5.41, 5.74) is -0.0684. The van der Waals surface area contributed by atoms with Gasteiger partial charge in [0.1, 0.15) is 5.82 Å². The van der Waals surface area contributed by atoms with E-state index < -0.39 is 5.97 Å². The van der Waals surface area contributed by atoms with Crippen LogP contribution < -0.4 is 4.90 Å². The summed E-state index contributed by atoms with van der Waals surface area (Å²) in [6.07, 6.45) is 4.62. The molecule has 0 bridgehead atoms. The molecule has 6 nitrogen and oxygen atoms in total. The fraction of sp³-hybridized carbons (Fsp3) is 0.500. The van der Waals surface area contributed by atoms with E-state index in [0.29, 0.717) is 5.82 Å². The molecule has 0 aliphatic carbocycles. The number of carboxylic acid groups (broad SMARTS) is 1. The van der Waals surface area contributed by atoms with E-state index in [9.17, 15) is 9.90 Å². The number of carbonyl (C=O) groups is 1. The molecule has 0 aromatic carbocycles. The van der Waals surface area contributed by atoms with Crippen LogP contribution >= 0.6 is 0 Å². The molecule has 0 saturated carbocycles. The average Bonchev–Trinajstić information content (AvgIpc) is 2.77. The quantitative estimate of drug-likeness (QED) is 0.757. The minimum Gasteiger partial charge on any atom is -0.476 e. The SMILES string of the molecule is O=C(O)c1cncc(N2CCCC2CO)n1. The van der Waals surface area contributed by atoms with Crippen molar-refractivity contribution in [2.45, 2.75) is 18.9 Å². The monoisotopic (exact) mass is 223 g/mol. The topological polar surface area (TPSA) is 86.5 Å². The summed E-state index contributed by atoms with van der Waals surface area (Å²) < 4.78 is 0. The number of rotatable bonds is 3. The van der Waals surface area contributed by atoms with Crippen LogP contribution in [0.1, 0.15) is 23.3 Å². The summed E-state index contributed by atoms with van der Waals surface area (Å²) in [5, 5.41) is 18.0. The van der Waals surface area contributed by atoms with E-state index in [1.165, 1.54) is 12.4 Å². The smallest absolute Gasteiger partial charge is 0.356 e. The maximum Gasteiger partial charge on any atom is 0.356 e. The van der Waals surface area contributed by atoms with Gasteiger partial charge in [0.2, 0.25) is 0 Å². The van der Waals surface area contributed by atoms with Crippen LogP contribution in [0.2, 0.25) is 0 Å². The van der Waals surface area contributed by atoms with Crippen molar-refractivity contribution in [1.29, 1.82) is 0 Å². The van der Waals surface area contributed by atoms with Gasteiger partial charge in [-0.2, -0.15) is 0 Å². The van der Waals surface area contributed by atoms with Gasteiger partial charge in [0.05, 0.1) is 25.0 Å². The van der Waals surface area contributed by atoms with Crippen molar-refractivity contribution in [3.63, 3.8) is 0 Å². The van der Waals surface area contributed by atoms with Crippen molar-refractivity contribution in [1.82, 2.24) is 9.97 Å². The Hall–Kier alpha value is -1.69. The van der Waals surface area contributed by atoms with E-state index in [1.54, 1.807) is 0 Å². The Labute approximate surface area is 92.6 Å². The average molecular weight is 223 g/mol. The van der Waals surface area contributed by atoms with Gasteiger partial charge >= 0.3 is 5.97 Å². The molecule has 2 N–H and O–H groups in total. The van der Waals surface area contributed by atoms with E-state index in [4.69, 9.17) is 5.11 Å². The maximum absolute atomic E-state index is 10.7. The van der Waals surface area contributed by atoms with Gasteiger partial charge in [0.15, 0.2) is 5.69 Å². The highest BCUT2D eigenvalue weighted by molar-refractivity contribution is 5.85. The molecule has 6 heteroatoms. The zero-order valence-electron chi connectivity index (χ0n) is 8.70. The first-order chi connectivity index (χ1) is 7.72. The molecule has 1 aliphatic heterocycles. The molecule has 16 heavy (non-hydrogen) atoms. The third kappa shape index (κ3) is 1.96. The summed E-state index contributed by atoms with van der Waals surface area (Å²) in [4.78, 5) is 20.5. The number of anilines is 1. The highest BCUT2D eigenvalue weighted by atomic mass is 16.4. The second-order valence-corrected chi connectivity index (χ2v) is 3.74. The molecule has 1 unspecified atom stereocenters. The normalized spacial score (nSPS) is 20.1. The molecular formula is C10H13N3O3. The van der Waals surface area contributed by atoms with Crippen LogP contribution in [0.15, 0.2) is 12.4 Å². The summed E-state index contributed by atoms with van der Waals surface area (Å²) in [6.45, 7) is 0.835. The zero-order chi connectivity index (χ0) is 11.5. The highest BCUT2D eigenvalue weighted by Gasteiger charge is 2.25. The zero-order valence-corrected chi connectivity index (χ0v) is 8.70. The summed E-state index contributed by atoms with van der Waals surface area (Å²) in [7, 11) is 0. The fourth-order valence-corrected chi connectivity index (χ4v) is 1.92. The van der Waals surface area contributed by atoms with Crippen LogP contribution in [0.25, 0.3) is 0 Å². The van der Waals surface area contributed by atoms with Crippen LogP contribution in [0.3, 0.4) is 0 Å².